The van der Waals surface area contributed by atoms with Crippen LogP contribution in [0.1, 0.15) is 26.7 Å². The first-order chi connectivity index (χ1) is 13.0. The second-order valence-corrected chi connectivity index (χ2v) is 5.28. The summed E-state index contributed by atoms with van der Waals surface area (Å²) in [5.41, 5.74) is 0. The van der Waals surface area contributed by atoms with Gasteiger partial charge in [-0.15, -0.1) is 0 Å². The van der Waals surface area contributed by atoms with Crippen molar-refractivity contribution in [2.45, 2.75) is 32.8 Å². The molecule has 0 aromatic rings. The number of alkyl carbamates (subject to hydrolysis) is 2. The number of carbonyl (C=O) groups is 4. The molecule has 11 heteroatoms. The van der Waals surface area contributed by atoms with Gasteiger partial charge in [-0.05, 0) is 20.3 Å². The highest BCUT2D eigenvalue weighted by Gasteiger charge is 2.15. The van der Waals surface area contributed by atoms with Crippen LogP contribution in [0.15, 0.2) is 0 Å². The summed E-state index contributed by atoms with van der Waals surface area (Å²) in [6, 6.07) is 0. The van der Waals surface area contributed by atoms with Crippen molar-refractivity contribution in [3.05, 3.63) is 0 Å². The lowest BCUT2D eigenvalue weighted by Crippen LogP contribution is -2.34. The van der Waals surface area contributed by atoms with E-state index in [9.17, 15) is 19.2 Å². The normalized spacial score (nSPS) is 10.0. The van der Waals surface area contributed by atoms with Gasteiger partial charge in [0, 0.05) is 39.2 Å². The van der Waals surface area contributed by atoms with Gasteiger partial charge in [-0.2, -0.15) is 0 Å². The lowest BCUT2D eigenvalue weighted by atomic mass is 10.3. The molecule has 0 aromatic carbocycles. The first-order valence-corrected chi connectivity index (χ1v) is 8.90. The van der Waals surface area contributed by atoms with Crippen LogP contribution in [0, 0.1) is 0 Å². The Morgan fingerprint density at radius 1 is 0.926 bits per heavy atom. The number of carbonyl (C=O) groups excluding carboxylic acids is 4. The van der Waals surface area contributed by atoms with Crippen molar-refractivity contribution in [2.75, 3.05) is 46.0 Å². The Hall–Kier alpha value is -2.56. The maximum absolute atomic E-state index is 11.6. The molecule has 0 spiro atoms. The van der Waals surface area contributed by atoms with E-state index < -0.39 is 18.3 Å². The monoisotopic (exact) mass is 390 g/mol. The molecule has 0 fully saturated rings. The van der Waals surface area contributed by atoms with E-state index >= 15 is 0 Å². The van der Waals surface area contributed by atoms with Crippen LogP contribution in [-0.2, 0) is 23.8 Å². The number of hydrogen-bond acceptors (Lipinski definition) is 7. The average Bonchev–Trinajstić information content (AvgIpc) is 2.64. The number of ether oxygens (including phenoxy) is 3. The van der Waals surface area contributed by atoms with Crippen molar-refractivity contribution < 1.29 is 33.4 Å². The maximum Gasteiger partial charge on any atom is 0.407 e. The molecular weight excluding hydrogens is 360 g/mol. The first-order valence-electron chi connectivity index (χ1n) is 8.90. The fraction of sp³-hybridized carbons (Fsp3) is 0.750. The average molecular weight is 390 g/mol. The molecule has 0 rings (SSSR count). The van der Waals surface area contributed by atoms with E-state index in [1.54, 1.807) is 13.8 Å². The summed E-state index contributed by atoms with van der Waals surface area (Å²) in [6.07, 6.45) is -0.588. The second-order valence-electron chi connectivity index (χ2n) is 5.28. The molecule has 0 heterocycles. The van der Waals surface area contributed by atoms with Gasteiger partial charge < -0.3 is 35.5 Å². The lowest BCUT2D eigenvalue weighted by Gasteiger charge is -2.18. The molecule has 27 heavy (non-hydrogen) atoms. The molecule has 0 atom stereocenters. The quantitative estimate of drug-likeness (QED) is 0.218. The summed E-state index contributed by atoms with van der Waals surface area (Å²) >= 11 is 0. The summed E-state index contributed by atoms with van der Waals surface area (Å²) in [5, 5.41) is 10.0. The van der Waals surface area contributed by atoms with Crippen LogP contribution in [0.3, 0.4) is 0 Å². The Balaban J connectivity index is 4.12. The molecule has 4 N–H and O–H groups in total. The minimum absolute atomic E-state index is 0.0885. The fourth-order valence-corrected chi connectivity index (χ4v) is 1.78. The van der Waals surface area contributed by atoms with E-state index in [1.165, 1.54) is 0 Å². The summed E-state index contributed by atoms with van der Waals surface area (Å²) in [4.78, 5) is 44.4. The second kappa shape index (κ2) is 16.9. The van der Waals surface area contributed by atoms with Gasteiger partial charge in [-0.1, -0.05) is 0 Å². The smallest absolute Gasteiger partial charge is 0.407 e. The predicted molar refractivity (Wildman–Crippen MR) is 96.1 cm³/mol. The van der Waals surface area contributed by atoms with Crippen LogP contribution in [0.2, 0.25) is 0 Å². The summed E-state index contributed by atoms with van der Waals surface area (Å²) in [7, 11) is 0. The van der Waals surface area contributed by atoms with Crippen LogP contribution in [0.5, 0.6) is 0 Å². The van der Waals surface area contributed by atoms with Crippen molar-refractivity contribution in [1.29, 1.82) is 0 Å². The molecule has 0 aromatic heterocycles. The van der Waals surface area contributed by atoms with Crippen LogP contribution < -0.4 is 21.3 Å². The minimum Gasteiger partial charge on any atom is -0.447 e. The zero-order valence-electron chi connectivity index (χ0n) is 15.9. The molecule has 0 radical (unpaired) electrons. The molecule has 0 aliphatic heterocycles. The third kappa shape index (κ3) is 15.4. The Morgan fingerprint density at radius 3 is 2.04 bits per heavy atom. The van der Waals surface area contributed by atoms with Crippen LogP contribution in [-0.4, -0.2) is 76.6 Å². The number of amides is 4. The third-order valence-electron chi connectivity index (χ3n) is 3.02. The van der Waals surface area contributed by atoms with E-state index in [4.69, 9.17) is 14.2 Å². The van der Waals surface area contributed by atoms with Crippen LogP contribution in [0.25, 0.3) is 0 Å². The van der Waals surface area contributed by atoms with Gasteiger partial charge in [0.05, 0.1) is 0 Å². The number of rotatable bonds is 15. The molecule has 156 valence electrons. The van der Waals surface area contributed by atoms with Crippen molar-refractivity contribution in [3.8, 4) is 0 Å². The van der Waals surface area contributed by atoms with Gasteiger partial charge in [0.25, 0.3) is 0 Å². The molecule has 0 aliphatic rings. The SMILES string of the molecule is CCNC(=O)OCC(COC(=O)NCC)OCCCC(=O)NCCNC=O. The topological polar surface area (TPSA) is 144 Å². The van der Waals surface area contributed by atoms with Crippen molar-refractivity contribution >= 4 is 24.5 Å². The van der Waals surface area contributed by atoms with E-state index in [2.05, 4.69) is 21.3 Å². The van der Waals surface area contributed by atoms with Gasteiger partial charge in [0.1, 0.15) is 19.3 Å². The molecule has 0 aliphatic carbocycles. The molecule has 0 bridgehead atoms. The number of nitrogens with one attached hydrogen (secondary N) is 4. The van der Waals surface area contributed by atoms with Gasteiger partial charge in [-0.3, -0.25) is 9.59 Å². The zero-order chi connectivity index (χ0) is 20.3. The first kappa shape index (κ1) is 24.4. The maximum atomic E-state index is 11.6. The minimum atomic E-state index is -0.643. The lowest BCUT2D eigenvalue weighted by molar-refractivity contribution is -0.121. The number of hydrogen-bond donors (Lipinski definition) is 4. The van der Waals surface area contributed by atoms with Gasteiger partial charge >= 0.3 is 12.2 Å². The highest BCUT2D eigenvalue weighted by atomic mass is 16.6. The largest absolute Gasteiger partial charge is 0.447 e. The molecule has 11 nitrogen and oxygen atoms in total. The van der Waals surface area contributed by atoms with Gasteiger partial charge in [0.15, 0.2) is 0 Å². The Labute approximate surface area is 158 Å². The van der Waals surface area contributed by atoms with E-state index in [-0.39, 0.29) is 32.1 Å². The Kier molecular flexibility index (Phi) is 15.3. The van der Waals surface area contributed by atoms with Crippen molar-refractivity contribution in [3.63, 3.8) is 0 Å². The van der Waals surface area contributed by atoms with Crippen LogP contribution in [0.4, 0.5) is 9.59 Å². The van der Waals surface area contributed by atoms with Crippen molar-refractivity contribution in [2.24, 2.45) is 0 Å². The van der Waals surface area contributed by atoms with Gasteiger partial charge in [-0.25, -0.2) is 9.59 Å². The zero-order valence-corrected chi connectivity index (χ0v) is 15.9. The standard InChI is InChI=1S/C16H30N4O7/c1-3-18-15(23)26-10-13(11-27-16(24)19-4-2)25-9-5-6-14(22)20-8-7-17-12-21/h12-13H,3-11H2,1-2H3,(H,17,21)(H,18,23)(H,19,24)(H,20,22). The highest BCUT2D eigenvalue weighted by molar-refractivity contribution is 5.75. The third-order valence-corrected chi connectivity index (χ3v) is 3.02. The Morgan fingerprint density at radius 2 is 1.52 bits per heavy atom. The van der Waals surface area contributed by atoms with Gasteiger partial charge in [0.2, 0.25) is 12.3 Å². The van der Waals surface area contributed by atoms with Crippen LogP contribution >= 0.6 is 0 Å². The molecular formula is C16H30N4O7. The molecule has 0 unspecified atom stereocenters. The van der Waals surface area contributed by atoms with Crippen molar-refractivity contribution in [1.82, 2.24) is 21.3 Å². The molecule has 0 saturated carbocycles. The van der Waals surface area contributed by atoms with E-state index in [1.807, 2.05) is 0 Å². The van der Waals surface area contributed by atoms with E-state index in [0.717, 1.165) is 0 Å². The summed E-state index contributed by atoms with van der Waals surface area (Å²) in [5.74, 6) is -0.167. The highest BCUT2D eigenvalue weighted by Crippen LogP contribution is 2.00. The molecule has 4 amide bonds. The predicted octanol–water partition coefficient (Wildman–Crippen LogP) is -0.494. The molecule has 0 saturated heterocycles. The fourth-order valence-electron chi connectivity index (χ4n) is 1.78. The Bertz CT molecular complexity index is 426. The van der Waals surface area contributed by atoms with E-state index in [0.29, 0.717) is 39.0 Å². The summed E-state index contributed by atoms with van der Waals surface area (Å²) < 4.78 is 15.5. The summed E-state index contributed by atoms with van der Waals surface area (Å²) in [6.45, 7) is 5.13.